The molecule has 2 N–H and O–H groups in total. The monoisotopic (exact) mass is 171 g/mol. The van der Waals surface area contributed by atoms with Gasteiger partial charge in [0, 0.05) is 0 Å². The standard InChI is InChI=1S/C5H5N3O4/c1-2-3(5(9)10)4(7-6-2)8(11)12/h1H3,(H,6,7)(H,9,10). The van der Waals surface area contributed by atoms with E-state index in [1.165, 1.54) is 6.92 Å². The highest BCUT2D eigenvalue weighted by atomic mass is 16.6. The topological polar surface area (TPSA) is 109 Å². The van der Waals surface area contributed by atoms with Crippen LogP contribution in [0.25, 0.3) is 0 Å². The molecule has 12 heavy (non-hydrogen) atoms. The lowest BCUT2D eigenvalue weighted by molar-refractivity contribution is -0.389. The van der Waals surface area contributed by atoms with Crippen molar-refractivity contribution in [3.05, 3.63) is 21.4 Å². The fraction of sp³-hybridized carbons (Fsp3) is 0.200. The van der Waals surface area contributed by atoms with Crippen molar-refractivity contribution in [2.75, 3.05) is 0 Å². The van der Waals surface area contributed by atoms with E-state index in [9.17, 15) is 14.9 Å². The van der Waals surface area contributed by atoms with Gasteiger partial charge in [0.25, 0.3) is 0 Å². The molecule has 0 atom stereocenters. The van der Waals surface area contributed by atoms with E-state index in [1.807, 2.05) is 5.10 Å². The highest BCUT2D eigenvalue weighted by molar-refractivity contribution is 5.92. The molecule has 1 aromatic rings. The van der Waals surface area contributed by atoms with Gasteiger partial charge in [-0.3, -0.25) is 0 Å². The van der Waals surface area contributed by atoms with Crippen molar-refractivity contribution in [3.63, 3.8) is 0 Å². The fourth-order valence-corrected chi connectivity index (χ4v) is 0.808. The third-order valence-electron chi connectivity index (χ3n) is 1.32. The van der Waals surface area contributed by atoms with Gasteiger partial charge in [-0.05, 0) is 11.8 Å². The lowest BCUT2D eigenvalue weighted by atomic mass is 10.2. The van der Waals surface area contributed by atoms with Crippen molar-refractivity contribution >= 4 is 11.8 Å². The highest BCUT2D eigenvalue weighted by Gasteiger charge is 2.24. The van der Waals surface area contributed by atoms with Crippen molar-refractivity contribution < 1.29 is 14.8 Å². The second kappa shape index (κ2) is 2.61. The largest absolute Gasteiger partial charge is 0.477 e. The summed E-state index contributed by atoms with van der Waals surface area (Å²) < 4.78 is 0. The molecule has 1 heterocycles. The molecule has 0 fully saturated rings. The predicted molar refractivity (Wildman–Crippen MR) is 36.9 cm³/mol. The average Bonchev–Trinajstić information content (AvgIpc) is 2.30. The Bertz CT molecular complexity index is 342. The molecule has 0 aromatic carbocycles. The van der Waals surface area contributed by atoms with Gasteiger partial charge >= 0.3 is 11.8 Å². The van der Waals surface area contributed by atoms with Crippen LogP contribution in [0, 0.1) is 17.0 Å². The fourth-order valence-electron chi connectivity index (χ4n) is 0.808. The zero-order valence-corrected chi connectivity index (χ0v) is 6.07. The van der Waals surface area contributed by atoms with Crippen LogP contribution in [0.3, 0.4) is 0 Å². The molecule has 0 amide bonds. The van der Waals surface area contributed by atoms with Crippen LogP contribution in [0.2, 0.25) is 0 Å². The van der Waals surface area contributed by atoms with Gasteiger partial charge in [0.2, 0.25) is 0 Å². The van der Waals surface area contributed by atoms with Gasteiger partial charge in [-0.2, -0.15) is 0 Å². The third kappa shape index (κ3) is 1.11. The maximum Gasteiger partial charge on any atom is 0.357 e. The molecule has 0 aliphatic heterocycles. The first-order valence-electron chi connectivity index (χ1n) is 2.96. The molecule has 64 valence electrons. The summed E-state index contributed by atoms with van der Waals surface area (Å²) in [7, 11) is 0. The summed E-state index contributed by atoms with van der Waals surface area (Å²) in [5.74, 6) is -1.94. The van der Waals surface area contributed by atoms with Crippen LogP contribution >= 0.6 is 0 Å². The van der Waals surface area contributed by atoms with Gasteiger partial charge in [0.1, 0.15) is 5.69 Å². The number of nitrogens with one attached hydrogen (secondary N) is 1. The molecule has 0 radical (unpaired) electrons. The SMILES string of the molecule is Cc1n[nH]c([N+](=O)[O-])c1C(=O)O. The lowest BCUT2D eigenvalue weighted by Gasteiger charge is -1.91. The number of aryl methyl sites for hydroxylation is 1. The first-order chi connectivity index (χ1) is 5.54. The van der Waals surface area contributed by atoms with Crippen LogP contribution < -0.4 is 0 Å². The first-order valence-corrected chi connectivity index (χ1v) is 2.96. The van der Waals surface area contributed by atoms with E-state index in [0.717, 1.165) is 0 Å². The van der Waals surface area contributed by atoms with Gasteiger partial charge in [0.15, 0.2) is 5.56 Å². The molecular formula is C5H5N3O4. The molecule has 7 nitrogen and oxygen atoms in total. The molecule has 0 aliphatic rings. The Hall–Kier alpha value is -1.92. The van der Waals surface area contributed by atoms with Gasteiger partial charge < -0.3 is 15.2 Å². The summed E-state index contributed by atoms with van der Waals surface area (Å²) >= 11 is 0. The van der Waals surface area contributed by atoms with Crippen molar-refractivity contribution in [1.29, 1.82) is 0 Å². The normalized spacial score (nSPS) is 9.75. The number of rotatable bonds is 2. The minimum Gasteiger partial charge on any atom is -0.477 e. The molecule has 0 spiro atoms. The number of nitrogens with zero attached hydrogens (tertiary/aromatic N) is 2. The van der Waals surface area contributed by atoms with E-state index in [2.05, 4.69) is 5.10 Å². The number of aromatic carboxylic acids is 1. The summed E-state index contributed by atoms with van der Waals surface area (Å²) in [5.41, 5.74) is -0.283. The van der Waals surface area contributed by atoms with E-state index < -0.39 is 16.7 Å². The number of carbonyl (C=O) groups is 1. The molecule has 0 unspecified atom stereocenters. The van der Waals surface area contributed by atoms with Crippen LogP contribution in [0.4, 0.5) is 5.82 Å². The Balaban J connectivity index is 3.31. The minimum atomic E-state index is -1.35. The van der Waals surface area contributed by atoms with Gasteiger partial charge in [-0.15, -0.1) is 5.10 Å². The number of nitro groups is 1. The maximum absolute atomic E-state index is 10.4. The number of hydrogen-bond acceptors (Lipinski definition) is 4. The average molecular weight is 171 g/mol. The molecule has 1 rings (SSSR count). The van der Waals surface area contributed by atoms with Gasteiger partial charge in [-0.1, -0.05) is 5.10 Å². The number of aromatic amines is 1. The summed E-state index contributed by atoms with van der Waals surface area (Å²) in [6, 6.07) is 0. The smallest absolute Gasteiger partial charge is 0.357 e. The Morgan fingerprint density at radius 2 is 2.33 bits per heavy atom. The van der Waals surface area contributed by atoms with E-state index >= 15 is 0 Å². The van der Waals surface area contributed by atoms with E-state index in [-0.39, 0.29) is 11.3 Å². The number of hydrogen-bond donors (Lipinski definition) is 2. The van der Waals surface area contributed by atoms with E-state index in [0.29, 0.717) is 0 Å². The molecule has 0 saturated carbocycles. The Kier molecular flexibility index (Phi) is 1.78. The van der Waals surface area contributed by atoms with Crippen LogP contribution in [0.1, 0.15) is 16.1 Å². The molecule has 7 heteroatoms. The quantitative estimate of drug-likeness (QED) is 0.492. The zero-order chi connectivity index (χ0) is 9.30. The lowest BCUT2D eigenvalue weighted by Crippen LogP contribution is -2.01. The third-order valence-corrected chi connectivity index (χ3v) is 1.32. The van der Waals surface area contributed by atoms with Crippen molar-refractivity contribution in [2.24, 2.45) is 0 Å². The Labute approximate surface area is 66.2 Å². The highest BCUT2D eigenvalue weighted by Crippen LogP contribution is 2.17. The van der Waals surface area contributed by atoms with Crippen LogP contribution in [0.5, 0.6) is 0 Å². The number of carboxylic acids is 1. The molecule has 0 saturated heterocycles. The molecule has 0 bridgehead atoms. The summed E-state index contributed by atoms with van der Waals surface area (Å²) in [4.78, 5) is 19.8. The predicted octanol–water partition coefficient (Wildman–Crippen LogP) is 0.325. The minimum absolute atomic E-state index is 0.106. The summed E-state index contributed by atoms with van der Waals surface area (Å²) in [6.07, 6.45) is 0. The molecule has 1 aromatic heterocycles. The van der Waals surface area contributed by atoms with Crippen LogP contribution in [-0.4, -0.2) is 26.2 Å². The molecule has 0 aliphatic carbocycles. The zero-order valence-electron chi connectivity index (χ0n) is 6.07. The van der Waals surface area contributed by atoms with Crippen LogP contribution in [0.15, 0.2) is 0 Å². The number of aromatic nitrogens is 2. The second-order valence-electron chi connectivity index (χ2n) is 2.09. The second-order valence-corrected chi connectivity index (χ2v) is 2.09. The Morgan fingerprint density at radius 3 is 2.67 bits per heavy atom. The maximum atomic E-state index is 10.4. The van der Waals surface area contributed by atoms with Gasteiger partial charge in [-0.25, -0.2) is 4.79 Å². The Morgan fingerprint density at radius 1 is 1.75 bits per heavy atom. The van der Waals surface area contributed by atoms with E-state index in [4.69, 9.17) is 5.11 Å². The van der Waals surface area contributed by atoms with Crippen molar-refractivity contribution in [2.45, 2.75) is 6.92 Å². The van der Waals surface area contributed by atoms with Crippen molar-refractivity contribution in [3.8, 4) is 0 Å². The number of carboxylic acid groups (broad SMARTS) is 1. The summed E-state index contributed by atoms with van der Waals surface area (Å²) in [5, 5.41) is 24.2. The first kappa shape index (κ1) is 8.18. The number of H-pyrrole nitrogens is 1. The van der Waals surface area contributed by atoms with Crippen molar-refractivity contribution in [1.82, 2.24) is 10.2 Å². The van der Waals surface area contributed by atoms with E-state index in [1.54, 1.807) is 0 Å². The summed E-state index contributed by atoms with van der Waals surface area (Å²) in [6.45, 7) is 1.38. The van der Waals surface area contributed by atoms with Gasteiger partial charge in [0.05, 0.1) is 0 Å². The molecular weight excluding hydrogens is 166 g/mol. The van der Waals surface area contributed by atoms with Crippen LogP contribution in [-0.2, 0) is 0 Å².